The van der Waals surface area contributed by atoms with Gasteiger partial charge in [0, 0.05) is 6.07 Å². The van der Waals surface area contributed by atoms with Gasteiger partial charge in [0.2, 0.25) is 5.69 Å². The van der Waals surface area contributed by atoms with Gasteiger partial charge in [0.25, 0.3) is 5.88 Å². The molecule has 0 unspecified atom stereocenters. The average molecular weight is 371 g/mol. The number of rotatable bonds is 6. The maximum absolute atomic E-state index is 12.2. The molecule has 1 aromatic carbocycles. The largest absolute Gasteiger partial charge is 0.493 e. The molecule has 1 aliphatic carbocycles. The number of H-pyrrole nitrogens is 1. The lowest BCUT2D eigenvalue weighted by molar-refractivity contribution is -0.193. The molecule has 138 valence electrons. The Hall–Kier alpha value is -3.11. The van der Waals surface area contributed by atoms with Crippen molar-refractivity contribution in [1.29, 1.82) is 0 Å². The van der Waals surface area contributed by atoms with Crippen molar-refractivity contribution in [1.82, 2.24) is 15.4 Å². The van der Waals surface area contributed by atoms with Crippen LogP contribution in [0.2, 0.25) is 0 Å². The van der Waals surface area contributed by atoms with E-state index in [0.717, 1.165) is 12.8 Å². The summed E-state index contributed by atoms with van der Waals surface area (Å²) in [6.45, 7) is 0.574. The highest BCUT2D eigenvalue weighted by Crippen LogP contribution is 2.31. The SMILES string of the molecule is O=C(OC(=O)C(F)(F)F)c1[nH]nnc1Oc1cccc(OCC2CC2)c1. The summed E-state index contributed by atoms with van der Waals surface area (Å²) in [5, 5.41) is 8.76. The third-order valence-corrected chi connectivity index (χ3v) is 3.34. The van der Waals surface area contributed by atoms with Crippen LogP contribution in [0.3, 0.4) is 0 Å². The van der Waals surface area contributed by atoms with Gasteiger partial charge in [-0.25, -0.2) is 14.7 Å². The molecule has 1 aliphatic rings. The van der Waals surface area contributed by atoms with Gasteiger partial charge in [-0.05, 0) is 30.9 Å². The van der Waals surface area contributed by atoms with Crippen molar-refractivity contribution in [2.24, 2.45) is 5.92 Å². The highest BCUT2D eigenvalue weighted by Gasteiger charge is 2.43. The van der Waals surface area contributed by atoms with E-state index in [-0.39, 0.29) is 5.75 Å². The predicted octanol–water partition coefficient (Wildman–Crippen LogP) is 2.63. The molecule has 0 saturated heterocycles. The molecule has 26 heavy (non-hydrogen) atoms. The lowest BCUT2D eigenvalue weighted by atomic mass is 10.3. The van der Waals surface area contributed by atoms with Crippen LogP contribution in [0.4, 0.5) is 13.2 Å². The summed E-state index contributed by atoms with van der Waals surface area (Å²) in [6.07, 6.45) is -3.06. The first kappa shape index (κ1) is 17.7. The van der Waals surface area contributed by atoms with Crippen molar-refractivity contribution in [3.63, 3.8) is 0 Å². The van der Waals surface area contributed by atoms with Crippen LogP contribution < -0.4 is 9.47 Å². The number of benzene rings is 1. The maximum atomic E-state index is 12.2. The van der Waals surface area contributed by atoms with Crippen LogP contribution in [0.25, 0.3) is 0 Å². The monoisotopic (exact) mass is 371 g/mol. The second kappa shape index (κ2) is 7.02. The first-order valence-corrected chi connectivity index (χ1v) is 7.48. The van der Waals surface area contributed by atoms with Crippen LogP contribution in [0.5, 0.6) is 17.4 Å². The molecule has 3 rings (SSSR count). The molecule has 1 saturated carbocycles. The quantitative estimate of drug-likeness (QED) is 0.615. The van der Waals surface area contributed by atoms with E-state index in [1.54, 1.807) is 12.1 Å². The number of aromatic amines is 1. The molecule has 1 aromatic heterocycles. The van der Waals surface area contributed by atoms with E-state index < -0.39 is 29.7 Å². The van der Waals surface area contributed by atoms with Crippen molar-refractivity contribution < 1.29 is 37.0 Å². The van der Waals surface area contributed by atoms with Gasteiger partial charge in [-0.2, -0.15) is 13.2 Å². The summed E-state index contributed by atoms with van der Waals surface area (Å²) in [5.41, 5.74) is -0.632. The van der Waals surface area contributed by atoms with Crippen LogP contribution in [0.15, 0.2) is 24.3 Å². The number of carbonyl (C=O) groups is 2. The van der Waals surface area contributed by atoms with E-state index in [4.69, 9.17) is 9.47 Å². The van der Waals surface area contributed by atoms with E-state index in [1.165, 1.54) is 12.1 Å². The molecule has 0 spiro atoms. The third kappa shape index (κ3) is 4.49. The molecule has 1 heterocycles. The molecular formula is C15H12F3N3O5. The first-order chi connectivity index (χ1) is 12.3. The molecule has 8 nitrogen and oxygen atoms in total. The van der Waals surface area contributed by atoms with Gasteiger partial charge >= 0.3 is 18.1 Å². The van der Waals surface area contributed by atoms with Crippen LogP contribution in [0.1, 0.15) is 23.3 Å². The molecule has 0 aliphatic heterocycles. The number of nitrogens with one attached hydrogen (secondary N) is 1. The Bertz CT molecular complexity index is 817. The number of carbonyl (C=O) groups excluding carboxylic acids is 2. The van der Waals surface area contributed by atoms with Gasteiger partial charge in [-0.3, -0.25) is 0 Å². The second-order valence-electron chi connectivity index (χ2n) is 5.50. The zero-order valence-electron chi connectivity index (χ0n) is 13.1. The van der Waals surface area contributed by atoms with Crippen molar-refractivity contribution in [2.45, 2.75) is 19.0 Å². The molecule has 0 bridgehead atoms. The van der Waals surface area contributed by atoms with Gasteiger partial charge < -0.3 is 14.2 Å². The highest BCUT2D eigenvalue weighted by atomic mass is 19.4. The molecule has 1 N–H and O–H groups in total. The topological polar surface area (TPSA) is 103 Å². The Labute approximate surface area is 144 Å². The fourth-order valence-electron chi connectivity index (χ4n) is 1.85. The van der Waals surface area contributed by atoms with E-state index >= 15 is 0 Å². The Morgan fingerprint density at radius 2 is 1.96 bits per heavy atom. The van der Waals surface area contributed by atoms with E-state index in [2.05, 4.69) is 15.0 Å². The number of hydrogen-bond donors (Lipinski definition) is 1. The molecule has 2 aromatic rings. The summed E-state index contributed by atoms with van der Waals surface area (Å²) >= 11 is 0. The lowest BCUT2D eigenvalue weighted by Gasteiger charge is -2.08. The fraction of sp³-hybridized carbons (Fsp3) is 0.333. The second-order valence-corrected chi connectivity index (χ2v) is 5.50. The summed E-state index contributed by atoms with van der Waals surface area (Å²) in [5.74, 6) is -3.43. The minimum Gasteiger partial charge on any atom is -0.493 e. The minimum absolute atomic E-state index is 0.211. The van der Waals surface area contributed by atoms with Crippen molar-refractivity contribution >= 4 is 11.9 Å². The van der Waals surface area contributed by atoms with Crippen LogP contribution in [-0.4, -0.2) is 40.1 Å². The summed E-state index contributed by atoms with van der Waals surface area (Å²) in [4.78, 5) is 22.4. The minimum atomic E-state index is -5.31. The number of esters is 2. The van der Waals surface area contributed by atoms with E-state index in [9.17, 15) is 22.8 Å². The van der Waals surface area contributed by atoms with Crippen LogP contribution >= 0.6 is 0 Å². The Morgan fingerprint density at radius 3 is 2.65 bits per heavy atom. The lowest BCUT2D eigenvalue weighted by Crippen LogP contribution is -2.28. The number of alkyl halides is 3. The number of halogens is 3. The Kier molecular flexibility index (Phi) is 4.78. The maximum Gasteiger partial charge on any atom is 0.491 e. The van der Waals surface area contributed by atoms with Gasteiger partial charge in [-0.15, -0.1) is 0 Å². The molecular weight excluding hydrogens is 359 g/mol. The van der Waals surface area contributed by atoms with Gasteiger partial charge in [0.1, 0.15) is 11.5 Å². The number of hydrogen-bond acceptors (Lipinski definition) is 7. The summed E-state index contributed by atoms with van der Waals surface area (Å²) in [7, 11) is 0. The highest BCUT2D eigenvalue weighted by molar-refractivity contribution is 5.98. The summed E-state index contributed by atoms with van der Waals surface area (Å²) in [6, 6.07) is 6.37. The fourth-order valence-corrected chi connectivity index (χ4v) is 1.85. The molecule has 11 heteroatoms. The van der Waals surface area contributed by atoms with E-state index in [0.29, 0.717) is 18.3 Å². The summed E-state index contributed by atoms with van der Waals surface area (Å²) < 4.78 is 51.1. The average Bonchev–Trinajstić information content (AvgIpc) is 3.30. The van der Waals surface area contributed by atoms with Crippen molar-refractivity contribution in [3.05, 3.63) is 30.0 Å². The third-order valence-electron chi connectivity index (χ3n) is 3.34. The van der Waals surface area contributed by atoms with E-state index in [1.807, 2.05) is 5.10 Å². The van der Waals surface area contributed by atoms with Gasteiger partial charge in [0.05, 0.1) is 6.61 Å². The van der Waals surface area contributed by atoms with Gasteiger partial charge in [-0.1, -0.05) is 16.4 Å². The smallest absolute Gasteiger partial charge is 0.491 e. The van der Waals surface area contributed by atoms with Crippen LogP contribution in [0, 0.1) is 5.92 Å². The predicted molar refractivity (Wildman–Crippen MR) is 77.6 cm³/mol. The normalized spacial score (nSPS) is 14.0. The standard InChI is InChI=1S/C15H12F3N3O5/c16-15(17,18)14(23)26-13(22)11-12(20-21-19-11)25-10-3-1-2-9(6-10)24-7-8-4-5-8/h1-3,6,8H,4-5,7H2,(H,19,20,21). The first-order valence-electron chi connectivity index (χ1n) is 7.48. The number of nitrogens with zero attached hydrogens (tertiary/aromatic N) is 2. The molecule has 0 atom stereocenters. The Morgan fingerprint density at radius 1 is 1.23 bits per heavy atom. The molecule has 0 radical (unpaired) electrons. The van der Waals surface area contributed by atoms with Crippen molar-refractivity contribution in [2.75, 3.05) is 6.61 Å². The molecule has 1 fully saturated rings. The Balaban J connectivity index is 1.67. The van der Waals surface area contributed by atoms with Gasteiger partial charge in [0.15, 0.2) is 0 Å². The zero-order chi connectivity index (χ0) is 18.7. The molecule has 0 amide bonds. The van der Waals surface area contributed by atoms with Crippen LogP contribution in [-0.2, 0) is 9.53 Å². The zero-order valence-corrected chi connectivity index (χ0v) is 13.1. The number of aromatic nitrogens is 3. The van der Waals surface area contributed by atoms with Crippen molar-refractivity contribution in [3.8, 4) is 17.4 Å². The number of ether oxygens (including phenoxy) is 3.